The molecule has 1 aromatic carbocycles. The number of ether oxygens (including phenoxy) is 2. The zero-order valence-electron chi connectivity index (χ0n) is 11.4. The summed E-state index contributed by atoms with van der Waals surface area (Å²) in [5.41, 5.74) is 0.802. The largest absolute Gasteiger partial charge is 0.495 e. The predicted molar refractivity (Wildman–Crippen MR) is 71.9 cm³/mol. The van der Waals surface area contributed by atoms with Gasteiger partial charge in [0.25, 0.3) is 0 Å². The summed E-state index contributed by atoms with van der Waals surface area (Å²) >= 11 is 0. The first-order valence-corrected chi connectivity index (χ1v) is 6.11. The molecular formula is C14H21NO3. The van der Waals surface area contributed by atoms with Gasteiger partial charge in [0.2, 0.25) is 0 Å². The SMILES string of the molecule is CCC(C)C(Nc1ccccc1OC)C(=O)OC. The summed E-state index contributed by atoms with van der Waals surface area (Å²) in [5.74, 6) is 0.646. The van der Waals surface area contributed by atoms with E-state index in [9.17, 15) is 4.79 Å². The van der Waals surface area contributed by atoms with Crippen LogP contribution in [0.3, 0.4) is 0 Å². The molecule has 0 spiro atoms. The molecule has 2 unspecified atom stereocenters. The van der Waals surface area contributed by atoms with E-state index in [0.717, 1.165) is 17.9 Å². The van der Waals surface area contributed by atoms with Crippen LogP contribution in [-0.4, -0.2) is 26.2 Å². The Kier molecular flexibility index (Phi) is 5.49. The van der Waals surface area contributed by atoms with Crippen molar-refractivity contribution in [3.05, 3.63) is 24.3 Å². The fourth-order valence-electron chi connectivity index (χ4n) is 1.73. The maximum atomic E-state index is 11.8. The maximum Gasteiger partial charge on any atom is 0.328 e. The van der Waals surface area contributed by atoms with Crippen molar-refractivity contribution >= 4 is 11.7 Å². The highest BCUT2D eigenvalue weighted by atomic mass is 16.5. The van der Waals surface area contributed by atoms with E-state index in [2.05, 4.69) is 5.32 Å². The molecule has 0 aliphatic heterocycles. The van der Waals surface area contributed by atoms with Gasteiger partial charge in [0.05, 0.1) is 19.9 Å². The van der Waals surface area contributed by atoms with Crippen molar-refractivity contribution in [3.8, 4) is 5.75 Å². The summed E-state index contributed by atoms with van der Waals surface area (Å²) in [6.45, 7) is 4.06. The van der Waals surface area contributed by atoms with Gasteiger partial charge in [-0.2, -0.15) is 0 Å². The van der Waals surface area contributed by atoms with Crippen LogP contribution >= 0.6 is 0 Å². The van der Waals surface area contributed by atoms with Gasteiger partial charge in [0.1, 0.15) is 11.8 Å². The minimum absolute atomic E-state index is 0.183. The normalized spacial score (nSPS) is 13.6. The number of anilines is 1. The van der Waals surface area contributed by atoms with Crippen molar-refractivity contribution in [2.45, 2.75) is 26.3 Å². The molecule has 18 heavy (non-hydrogen) atoms. The Morgan fingerprint density at radius 2 is 2.00 bits per heavy atom. The summed E-state index contributed by atoms with van der Waals surface area (Å²) in [5, 5.41) is 3.20. The molecule has 1 N–H and O–H groups in total. The molecule has 0 aliphatic carbocycles. The molecule has 100 valence electrons. The fraction of sp³-hybridized carbons (Fsp3) is 0.500. The third-order valence-electron chi connectivity index (χ3n) is 3.09. The van der Waals surface area contributed by atoms with E-state index in [1.807, 2.05) is 38.1 Å². The molecule has 0 fully saturated rings. The van der Waals surface area contributed by atoms with E-state index >= 15 is 0 Å². The summed E-state index contributed by atoms with van der Waals surface area (Å²) in [6.07, 6.45) is 0.891. The molecule has 1 aromatic rings. The minimum Gasteiger partial charge on any atom is -0.495 e. The Morgan fingerprint density at radius 1 is 1.33 bits per heavy atom. The van der Waals surface area contributed by atoms with E-state index in [1.165, 1.54) is 7.11 Å². The molecule has 0 bridgehead atoms. The number of carbonyl (C=O) groups excluding carboxylic acids is 1. The average Bonchev–Trinajstić information content (AvgIpc) is 2.43. The van der Waals surface area contributed by atoms with Crippen LogP contribution in [0.15, 0.2) is 24.3 Å². The first-order valence-electron chi connectivity index (χ1n) is 6.11. The third kappa shape index (κ3) is 3.39. The first-order chi connectivity index (χ1) is 8.63. The highest BCUT2D eigenvalue weighted by molar-refractivity contribution is 5.80. The number of para-hydroxylation sites is 2. The second kappa shape index (κ2) is 6.89. The van der Waals surface area contributed by atoms with Gasteiger partial charge in [0, 0.05) is 0 Å². The quantitative estimate of drug-likeness (QED) is 0.790. The maximum absolute atomic E-state index is 11.8. The van der Waals surface area contributed by atoms with Gasteiger partial charge >= 0.3 is 5.97 Å². The molecular weight excluding hydrogens is 230 g/mol. The summed E-state index contributed by atoms with van der Waals surface area (Å²) in [6, 6.07) is 7.16. The van der Waals surface area contributed by atoms with E-state index in [1.54, 1.807) is 7.11 Å². The number of hydrogen-bond acceptors (Lipinski definition) is 4. The van der Waals surface area contributed by atoms with Crippen LogP contribution in [0.25, 0.3) is 0 Å². The van der Waals surface area contributed by atoms with Crippen LogP contribution < -0.4 is 10.1 Å². The van der Waals surface area contributed by atoms with E-state index < -0.39 is 0 Å². The van der Waals surface area contributed by atoms with Crippen LogP contribution in [0.4, 0.5) is 5.69 Å². The standard InChI is InChI=1S/C14H21NO3/c1-5-10(2)13(14(16)18-4)15-11-8-6-7-9-12(11)17-3/h6-10,13,15H,5H2,1-4H3. The van der Waals surface area contributed by atoms with Crippen LogP contribution in [-0.2, 0) is 9.53 Å². The molecule has 4 nitrogen and oxygen atoms in total. The van der Waals surface area contributed by atoms with Crippen LogP contribution in [0, 0.1) is 5.92 Å². The minimum atomic E-state index is -0.365. The third-order valence-corrected chi connectivity index (χ3v) is 3.09. The smallest absolute Gasteiger partial charge is 0.328 e. The number of nitrogens with one attached hydrogen (secondary N) is 1. The molecule has 0 radical (unpaired) electrons. The summed E-state index contributed by atoms with van der Waals surface area (Å²) in [4.78, 5) is 11.8. The van der Waals surface area contributed by atoms with Crippen molar-refractivity contribution in [1.82, 2.24) is 0 Å². The lowest BCUT2D eigenvalue weighted by Gasteiger charge is -2.23. The monoisotopic (exact) mass is 251 g/mol. The first kappa shape index (κ1) is 14.4. The second-order valence-electron chi connectivity index (χ2n) is 4.23. The zero-order valence-corrected chi connectivity index (χ0v) is 11.4. The zero-order chi connectivity index (χ0) is 13.5. The molecule has 4 heteroatoms. The Morgan fingerprint density at radius 3 is 2.56 bits per heavy atom. The lowest BCUT2D eigenvalue weighted by atomic mass is 9.99. The van der Waals surface area contributed by atoms with Crippen LogP contribution in [0.2, 0.25) is 0 Å². The molecule has 0 heterocycles. The van der Waals surface area contributed by atoms with Gasteiger partial charge in [0.15, 0.2) is 0 Å². The van der Waals surface area contributed by atoms with Crippen LogP contribution in [0.1, 0.15) is 20.3 Å². The molecule has 0 amide bonds. The molecule has 0 aromatic heterocycles. The van der Waals surface area contributed by atoms with Gasteiger partial charge in [-0.3, -0.25) is 0 Å². The molecule has 1 rings (SSSR count). The highest BCUT2D eigenvalue weighted by Crippen LogP contribution is 2.26. The Hall–Kier alpha value is -1.71. The average molecular weight is 251 g/mol. The van der Waals surface area contributed by atoms with Crippen LogP contribution in [0.5, 0.6) is 5.75 Å². The van der Waals surface area contributed by atoms with E-state index in [0.29, 0.717) is 0 Å². The molecule has 2 atom stereocenters. The second-order valence-corrected chi connectivity index (χ2v) is 4.23. The number of carbonyl (C=O) groups is 1. The molecule has 0 aliphatic rings. The van der Waals surface area contributed by atoms with Gasteiger partial charge in [-0.05, 0) is 18.1 Å². The number of hydrogen-bond donors (Lipinski definition) is 1. The number of benzene rings is 1. The summed E-state index contributed by atoms with van der Waals surface area (Å²) < 4.78 is 10.1. The van der Waals surface area contributed by atoms with Gasteiger partial charge in [-0.15, -0.1) is 0 Å². The highest BCUT2D eigenvalue weighted by Gasteiger charge is 2.25. The molecule has 0 saturated carbocycles. The number of methoxy groups -OCH3 is 2. The van der Waals surface area contributed by atoms with E-state index in [4.69, 9.17) is 9.47 Å². The predicted octanol–water partition coefficient (Wildman–Crippen LogP) is 2.69. The van der Waals surface area contributed by atoms with Crippen molar-refractivity contribution in [3.63, 3.8) is 0 Å². The van der Waals surface area contributed by atoms with Gasteiger partial charge in [-0.1, -0.05) is 32.4 Å². The lowest BCUT2D eigenvalue weighted by molar-refractivity contribution is -0.142. The van der Waals surface area contributed by atoms with Gasteiger partial charge in [-0.25, -0.2) is 4.79 Å². The van der Waals surface area contributed by atoms with Crippen molar-refractivity contribution in [2.24, 2.45) is 5.92 Å². The Balaban J connectivity index is 2.92. The Bertz CT molecular complexity index is 392. The van der Waals surface area contributed by atoms with Crippen molar-refractivity contribution < 1.29 is 14.3 Å². The summed E-state index contributed by atoms with van der Waals surface area (Å²) in [7, 11) is 3.01. The molecule has 0 saturated heterocycles. The van der Waals surface area contributed by atoms with Crippen molar-refractivity contribution in [2.75, 3.05) is 19.5 Å². The lowest BCUT2D eigenvalue weighted by Crippen LogP contribution is -2.36. The number of esters is 1. The Labute approximate surface area is 108 Å². The fourth-order valence-corrected chi connectivity index (χ4v) is 1.73. The van der Waals surface area contributed by atoms with Crippen molar-refractivity contribution in [1.29, 1.82) is 0 Å². The van der Waals surface area contributed by atoms with E-state index in [-0.39, 0.29) is 17.9 Å². The van der Waals surface area contributed by atoms with Gasteiger partial charge < -0.3 is 14.8 Å². The number of rotatable bonds is 6. The topological polar surface area (TPSA) is 47.6 Å².